The SMILES string of the molecule is CC(CCCCl)NCc1ccc2ncccc2c1. The van der Waals surface area contributed by atoms with Crippen LogP contribution in [0.15, 0.2) is 36.5 Å². The van der Waals surface area contributed by atoms with E-state index in [1.165, 1.54) is 10.9 Å². The van der Waals surface area contributed by atoms with Crippen molar-refractivity contribution in [2.24, 2.45) is 0 Å². The largest absolute Gasteiger partial charge is 0.310 e. The predicted octanol–water partition coefficient (Wildman–Crippen LogP) is 3.73. The van der Waals surface area contributed by atoms with E-state index in [2.05, 4.69) is 41.5 Å². The minimum absolute atomic E-state index is 0.508. The second-order valence-corrected chi connectivity index (χ2v) is 5.02. The average Bonchev–Trinajstić information content (AvgIpc) is 2.42. The fourth-order valence-electron chi connectivity index (χ4n) is 2.01. The smallest absolute Gasteiger partial charge is 0.0702 e. The Morgan fingerprint density at radius 1 is 1.33 bits per heavy atom. The average molecular weight is 263 g/mol. The van der Waals surface area contributed by atoms with Crippen LogP contribution in [0.4, 0.5) is 0 Å². The first-order chi connectivity index (χ1) is 8.79. The third-order valence-electron chi connectivity index (χ3n) is 3.09. The standard InChI is InChI=1S/C15H19ClN2/c1-12(4-2-8-16)18-11-13-6-7-15-14(10-13)5-3-9-17-15/h3,5-7,9-10,12,18H,2,4,8,11H2,1H3. The van der Waals surface area contributed by atoms with Gasteiger partial charge in [0.1, 0.15) is 0 Å². The lowest BCUT2D eigenvalue weighted by atomic mass is 10.1. The summed E-state index contributed by atoms with van der Waals surface area (Å²) in [7, 11) is 0. The molecule has 0 saturated carbocycles. The number of hydrogen-bond donors (Lipinski definition) is 1. The molecule has 18 heavy (non-hydrogen) atoms. The molecule has 0 spiro atoms. The van der Waals surface area contributed by atoms with Crippen LogP contribution in [0.1, 0.15) is 25.3 Å². The number of aromatic nitrogens is 1. The molecule has 0 radical (unpaired) electrons. The summed E-state index contributed by atoms with van der Waals surface area (Å²) >= 11 is 5.69. The molecule has 1 unspecified atom stereocenters. The minimum atomic E-state index is 0.508. The van der Waals surface area contributed by atoms with E-state index >= 15 is 0 Å². The monoisotopic (exact) mass is 262 g/mol. The topological polar surface area (TPSA) is 24.9 Å². The van der Waals surface area contributed by atoms with E-state index in [0.29, 0.717) is 6.04 Å². The third-order valence-corrected chi connectivity index (χ3v) is 3.36. The van der Waals surface area contributed by atoms with Crippen molar-refractivity contribution in [2.45, 2.75) is 32.4 Å². The van der Waals surface area contributed by atoms with E-state index in [9.17, 15) is 0 Å². The summed E-state index contributed by atoms with van der Waals surface area (Å²) in [4.78, 5) is 4.32. The first kappa shape index (κ1) is 13.3. The molecule has 3 heteroatoms. The van der Waals surface area contributed by atoms with Gasteiger partial charge in [-0.25, -0.2) is 0 Å². The predicted molar refractivity (Wildman–Crippen MR) is 78.0 cm³/mol. The zero-order valence-corrected chi connectivity index (χ0v) is 11.5. The molecule has 1 heterocycles. The molecule has 0 aliphatic carbocycles. The lowest BCUT2D eigenvalue weighted by Gasteiger charge is -2.13. The summed E-state index contributed by atoms with van der Waals surface area (Å²) in [5.74, 6) is 0.744. The van der Waals surface area contributed by atoms with E-state index in [0.717, 1.165) is 30.8 Å². The van der Waals surface area contributed by atoms with Gasteiger partial charge < -0.3 is 5.32 Å². The lowest BCUT2D eigenvalue weighted by Crippen LogP contribution is -2.25. The number of hydrogen-bond acceptors (Lipinski definition) is 2. The Morgan fingerprint density at radius 2 is 2.22 bits per heavy atom. The van der Waals surface area contributed by atoms with Crippen molar-refractivity contribution in [1.82, 2.24) is 10.3 Å². The maximum absolute atomic E-state index is 5.69. The number of benzene rings is 1. The summed E-state index contributed by atoms with van der Waals surface area (Å²) in [5, 5.41) is 4.72. The quantitative estimate of drug-likeness (QED) is 0.803. The van der Waals surface area contributed by atoms with Crippen molar-refractivity contribution >= 4 is 22.5 Å². The number of fused-ring (bicyclic) bond motifs is 1. The number of pyridine rings is 1. The van der Waals surface area contributed by atoms with Gasteiger partial charge in [-0.05, 0) is 43.5 Å². The summed E-state index contributed by atoms with van der Waals surface area (Å²) < 4.78 is 0. The van der Waals surface area contributed by atoms with Crippen LogP contribution < -0.4 is 5.32 Å². The zero-order valence-electron chi connectivity index (χ0n) is 10.7. The summed E-state index contributed by atoms with van der Waals surface area (Å²) in [6.07, 6.45) is 4.02. The van der Waals surface area contributed by atoms with Gasteiger partial charge in [0.15, 0.2) is 0 Å². The van der Waals surface area contributed by atoms with Crippen molar-refractivity contribution in [2.75, 3.05) is 5.88 Å². The number of nitrogens with one attached hydrogen (secondary N) is 1. The van der Waals surface area contributed by atoms with Crippen LogP contribution in [0.3, 0.4) is 0 Å². The summed E-state index contributed by atoms with van der Waals surface area (Å²) in [6.45, 7) is 3.10. The van der Waals surface area contributed by atoms with Crippen LogP contribution >= 0.6 is 11.6 Å². The van der Waals surface area contributed by atoms with E-state index in [1.807, 2.05) is 12.3 Å². The number of nitrogens with zero attached hydrogens (tertiary/aromatic N) is 1. The van der Waals surface area contributed by atoms with Gasteiger partial charge in [0, 0.05) is 30.0 Å². The summed E-state index contributed by atoms with van der Waals surface area (Å²) in [5.41, 5.74) is 2.35. The van der Waals surface area contributed by atoms with Gasteiger partial charge in [-0.15, -0.1) is 11.6 Å². The third kappa shape index (κ3) is 3.69. The van der Waals surface area contributed by atoms with Gasteiger partial charge in [-0.2, -0.15) is 0 Å². The van der Waals surface area contributed by atoms with Crippen LogP contribution in [0.25, 0.3) is 10.9 Å². The maximum Gasteiger partial charge on any atom is 0.0702 e. The van der Waals surface area contributed by atoms with Crippen LogP contribution in [0.5, 0.6) is 0 Å². The van der Waals surface area contributed by atoms with Crippen molar-refractivity contribution in [1.29, 1.82) is 0 Å². The Bertz CT molecular complexity index is 499. The Kier molecular flexibility index (Phi) is 4.97. The van der Waals surface area contributed by atoms with Crippen LogP contribution in [-0.2, 0) is 6.54 Å². The van der Waals surface area contributed by atoms with E-state index < -0.39 is 0 Å². The molecule has 0 aliphatic rings. The van der Waals surface area contributed by atoms with Crippen molar-refractivity contribution in [3.63, 3.8) is 0 Å². The molecule has 1 atom stereocenters. The fraction of sp³-hybridized carbons (Fsp3) is 0.400. The molecule has 0 amide bonds. The van der Waals surface area contributed by atoms with Crippen molar-refractivity contribution in [3.05, 3.63) is 42.1 Å². The molecule has 2 nitrogen and oxygen atoms in total. The lowest BCUT2D eigenvalue weighted by molar-refractivity contribution is 0.510. The molecule has 96 valence electrons. The van der Waals surface area contributed by atoms with Crippen LogP contribution in [0, 0.1) is 0 Å². The van der Waals surface area contributed by atoms with Gasteiger partial charge in [0.2, 0.25) is 0 Å². The van der Waals surface area contributed by atoms with E-state index in [-0.39, 0.29) is 0 Å². The molecule has 2 aromatic rings. The Labute approximate surface area is 113 Å². The Hall–Kier alpha value is -1.12. The fourth-order valence-corrected chi connectivity index (χ4v) is 2.17. The second kappa shape index (κ2) is 6.72. The first-order valence-electron chi connectivity index (χ1n) is 6.42. The molecule has 0 aliphatic heterocycles. The highest BCUT2D eigenvalue weighted by molar-refractivity contribution is 6.17. The van der Waals surface area contributed by atoms with Crippen LogP contribution in [-0.4, -0.2) is 16.9 Å². The molecular weight excluding hydrogens is 244 g/mol. The Morgan fingerprint density at radius 3 is 3.06 bits per heavy atom. The van der Waals surface area contributed by atoms with Gasteiger partial charge in [0.25, 0.3) is 0 Å². The molecule has 0 bridgehead atoms. The minimum Gasteiger partial charge on any atom is -0.310 e. The van der Waals surface area contributed by atoms with Crippen molar-refractivity contribution in [3.8, 4) is 0 Å². The molecule has 2 rings (SSSR count). The van der Waals surface area contributed by atoms with Gasteiger partial charge in [-0.3, -0.25) is 4.98 Å². The molecule has 1 N–H and O–H groups in total. The Balaban J connectivity index is 1.95. The number of rotatable bonds is 6. The number of alkyl halides is 1. The molecule has 1 aromatic carbocycles. The van der Waals surface area contributed by atoms with Gasteiger partial charge in [-0.1, -0.05) is 12.1 Å². The summed E-state index contributed by atoms with van der Waals surface area (Å²) in [6, 6.07) is 11.0. The maximum atomic E-state index is 5.69. The normalized spacial score (nSPS) is 12.8. The molecule has 1 aromatic heterocycles. The molecular formula is C15H19ClN2. The highest BCUT2D eigenvalue weighted by atomic mass is 35.5. The van der Waals surface area contributed by atoms with Crippen molar-refractivity contribution < 1.29 is 0 Å². The second-order valence-electron chi connectivity index (χ2n) is 4.64. The molecule has 0 fully saturated rings. The molecule has 0 saturated heterocycles. The van der Waals surface area contributed by atoms with E-state index in [4.69, 9.17) is 11.6 Å². The van der Waals surface area contributed by atoms with Gasteiger partial charge >= 0.3 is 0 Å². The van der Waals surface area contributed by atoms with Crippen LogP contribution in [0.2, 0.25) is 0 Å². The zero-order chi connectivity index (χ0) is 12.8. The number of halogens is 1. The van der Waals surface area contributed by atoms with E-state index in [1.54, 1.807) is 0 Å². The highest BCUT2D eigenvalue weighted by Gasteiger charge is 2.02. The highest BCUT2D eigenvalue weighted by Crippen LogP contribution is 2.13. The first-order valence-corrected chi connectivity index (χ1v) is 6.96. The van der Waals surface area contributed by atoms with Gasteiger partial charge in [0.05, 0.1) is 5.52 Å².